The van der Waals surface area contributed by atoms with Crippen LogP contribution in [0.3, 0.4) is 0 Å². The molecule has 1 unspecified atom stereocenters. The van der Waals surface area contributed by atoms with Crippen LogP contribution in [0.2, 0.25) is 0 Å². The molecule has 0 fully saturated rings. The van der Waals surface area contributed by atoms with E-state index >= 15 is 0 Å². The van der Waals surface area contributed by atoms with Gasteiger partial charge in [-0.15, -0.1) is 0 Å². The van der Waals surface area contributed by atoms with Crippen molar-refractivity contribution >= 4 is 0 Å². The van der Waals surface area contributed by atoms with Gasteiger partial charge in [-0.1, -0.05) is 0 Å². The van der Waals surface area contributed by atoms with Crippen molar-refractivity contribution in [3.63, 3.8) is 0 Å². The summed E-state index contributed by atoms with van der Waals surface area (Å²) in [5.74, 6) is -0.697. The lowest BCUT2D eigenvalue weighted by Crippen LogP contribution is -2.49. The molecule has 10 heteroatoms. The lowest BCUT2D eigenvalue weighted by molar-refractivity contribution is -0.263. The van der Waals surface area contributed by atoms with Gasteiger partial charge in [0.15, 0.2) is 5.75 Å². The number of ether oxygens (including phenoxy) is 1. The van der Waals surface area contributed by atoms with Crippen LogP contribution < -0.4 is 10.5 Å². The first-order valence-electron chi connectivity index (χ1n) is 8.03. The van der Waals surface area contributed by atoms with Gasteiger partial charge in [0.25, 0.3) is 0 Å². The van der Waals surface area contributed by atoms with E-state index in [4.69, 9.17) is 10.5 Å². The fraction of sp³-hybridized carbons (Fsp3) is 0.333. The average molecular weight is 399 g/mol. The largest absolute Gasteiger partial charge is 0.489 e. The zero-order valence-corrected chi connectivity index (χ0v) is 14.2. The van der Waals surface area contributed by atoms with E-state index in [9.17, 15) is 32.3 Å². The van der Waals surface area contributed by atoms with Gasteiger partial charge >= 0.3 is 6.18 Å². The third kappa shape index (κ3) is 2.87. The Morgan fingerprint density at radius 1 is 1.29 bits per heavy atom. The highest BCUT2D eigenvalue weighted by molar-refractivity contribution is 5.71. The summed E-state index contributed by atoms with van der Waals surface area (Å²) >= 11 is 0. The molecule has 3 N–H and O–H groups in total. The number of halogens is 5. The van der Waals surface area contributed by atoms with Crippen molar-refractivity contribution < 1.29 is 31.8 Å². The number of aromatic nitrogens is 1. The highest BCUT2D eigenvalue weighted by Gasteiger charge is 2.56. The minimum Gasteiger partial charge on any atom is -0.489 e. The number of pyridine rings is 1. The normalized spacial score (nSPS) is 20.8. The number of benzene rings is 1. The number of alkyl halides is 4. The molecular weight excluding hydrogens is 385 g/mol. The van der Waals surface area contributed by atoms with Crippen LogP contribution >= 0.6 is 0 Å². The standard InChI is InChI=1S/C18H14F5N3O2/c19-6-16(7-24)9-28-15-12(16)5-13(17(27,8-25)18(21,22)23)26-14(15)10-1-3-11(20)4-2-10/h1-5,27H,6,8-9,25H2/t16-,17?/m0/s1. The van der Waals surface area contributed by atoms with Gasteiger partial charge in [0.05, 0.1) is 11.8 Å². The van der Waals surface area contributed by atoms with Crippen molar-refractivity contribution in [3.8, 4) is 23.1 Å². The summed E-state index contributed by atoms with van der Waals surface area (Å²) in [6.07, 6.45) is -5.19. The van der Waals surface area contributed by atoms with Crippen LogP contribution in [0.4, 0.5) is 22.0 Å². The predicted molar refractivity (Wildman–Crippen MR) is 87.4 cm³/mol. The summed E-state index contributed by atoms with van der Waals surface area (Å²) in [5.41, 5.74) is -1.32. The molecule has 1 aliphatic heterocycles. The second-order valence-electron chi connectivity index (χ2n) is 6.42. The first kappa shape index (κ1) is 20.0. The fourth-order valence-electron chi connectivity index (χ4n) is 2.92. The smallest absolute Gasteiger partial charge is 0.424 e. The van der Waals surface area contributed by atoms with Crippen molar-refractivity contribution in [2.75, 3.05) is 19.8 Å². The second-order valence-corrected chi connectivity index (χ2v) is 6.42. The lowest BCUT2D eigenvalue weighted by Gasteiger charge is -2.29. The molecule has 0 saturated heterocycles. The molecule has 1 aliphatic rings. The van der Waals surface area contributed by atoms with Crippen LogP contribution in [-0.2, 0) is 11.0 Å². The third-order valence-corrected chi connectivity index (χ3v) is 4.70. The molecule has 2 atom stereocenters. The molecule has 0 radical (unpaired) electrons. The zero-order chi connectivity index (χ0) is 20.7. The Morgan fingerprint density at radius 3 is 2.43 bits per heavy atom. The summed E-state index contributed by atoms with van der Waals surface area (Å²) in [6.45, 7) is -2.92. The van der Waals surface area contributed by atoms with Crippen molar-refractivity contribution in [3.05, 3.63) is 47.4 Å². The number of hydrogen-bond acceptors (Lipinski definition) is 5. The van der Waals surface area contributed by atoms with E-state index < -0.39 is 48.5 Å². The maximum absolute atomic E-state index is 13.7. The first-order chi connectivity index (χ1) is 13.1. The van der Waals surface area contributed by atoms with Crippen LogP contribution in [0.5, 0.6) is 5.75 Å². The van der Waals surface area contributed by atoms with Gasteiger partial charge < -0.3 is 15.6 Å². The molecular formula is C18H14F5N3O2. The summed E-state index contributed by atoms with van der Waals surface area (Å²) in [5, 5.41) is 19.6. The van der Waals surface area contributed by atoms with Crippen molar-refractivity contribution in [1.29, 1.82) is 5.26 Å². The van der Waals surface area contributed by atoms with E-state index in [-0.39, 0.29) is 22.6 Å². The molecule has 1 aromatic carbocycles. The Morgan fingerprint density at radius 2 is 1.93 bits per heavy atom. The number of hydrogen-bond donors (Lipinski definition) is 2. The molecule has 0 amide bonds. The zero-order valence-electron chi connectivity index (χ0n) is 14.2. The van der Waals surface area contributed by atoms with E-state index in [1.165, 1.54) is 12.1 Å². The van der Waals surface area contributed by atoms with Crippen LogP contribution in [0, 0.1) is 17.1 Å². The first-order valence-corrected chi connectivity index (χ1v) is 8.03. The highest BCUT2D eigenvalue weighted by atomic mass is 19.4. The number of nitriles is 1. The topological polar surface area (TPSA) is 92.2 Å². The molecule has 2 aromatic rings. The number of aliphatic hydroxyl groups is 1. The molecule has 0 aliphatic carbocycles. The van der Waals surface area contributed by atoms with E-state index in [0.29, 0.717) is 0 Å². The molecule has 0 saturated carbocycles. The Bertz CT molecular complexity index is 942. The number of rotatable bonds is 4. The predicted octanol–water partition coefficient (Wildman–Crippen LogP) is 2.72. The molecule has 0 spiro atoms. The van der Waals surface area contributed by atoms with Crippen molar-refractivity contribution in [2.45, 2.75) is 17.2 Å². The number of nitrogens with zero attached hydrogens (tertiary/aromatic N) is 2. The lowest BCUT2D eigenvalue weighted by atomic mass is 9.83. The van der Waals surface area contributed by atoms with Gasteiger partial charge in [-0.3, -0.25) is 0 Å². The van der Waals surface area contributed by atoms with E-state index in [0.717, 1.165) is 18.2 Å². The monoisotopic (exact) mass is 399 g/mol. The minimum absolute atomic E-state index is 0.101. The molecule has 28 heavy (non-hydrogen) atoms. The van der Waals surface area contributed by atoms with Crippen molar-refractivity contribution in [2.24, 2.45) is 5.73 Å². The summed E-state index contributed by atoms with van der Waals surface area (Å²) in [7, 11) is 0. The summed E-state index contributed by atoms with van der Waals surface area (Å²) in [6, 6.07) is 7.10. The quantitative estimate of drug-likeness (QED) is 0.772. The summed E-state index contributed by atoms with van der Waals surface area (Å²) < 4.78 is 72.8. The van der Waals surface area contributed by atoms with Gasteiger partial charge in [-0.05, 0) is 30.3 Å². The Kier molecular flexibility index (Phi) is 4.77. The third-order valence-electron chi connectivity index (χ3n) is 4.70. The molecule has 148 valence electrons. The van der Waals surface area contributed by atoms with Gasteiger partial charge in [0.2, 0.25) is 5.60 Å². The van der Waals surface area contributed by atoms with Gasteiger partial charge in [-0.25, -0.2) is 13.8 Å². The fourth-order valence-corrected chi connectivity index (χ4v) is 2.92. The molecule has 2 heterocycles. The van der Waals surface area contributed by atoms with Gasteiger partial charge in [-0.2, -0.15) is 18.4 Å². The molecule has 1 aromatic heterocycles. The second kappa shape index (κ2) is 6.68. The Balaban J connectivity index is 2.34. The molecule has 3 rings (SSSR count). The van der Waals surface area contributed by atoms with Crippen LogP contribution in [0.25, 0.3) is 11.3 Å². The Hall–Kier alpha value is -2.77. The Labute approximate surface area is 156 Å². The van der Waals surface area contributed by atoms with Crippen LogP contribution in [0.1, 0.15) is 11.3 Å². The molecule has 5 nitrogen and oxygen atoms in total. The van der Waals surface area contributed by atoms with Crippen LogP contribution in [0.15, 0.2) is 30.3 Å². The maximum Gasteiger partial charge on any atom is 0.424 e. The SMILES string of the molecule is N#C[C@@]1(CF)COc2c1cc(C(O)(CN)C(F)(F)F)nc2-c1ccc(F)cc1. The summed E-state index contributed by atoms with van der Waals surface area (Å²) in [4.78, 5) is 3.86. The van der Waals surface area contributed by atoms with Crippen LogP contribution in [-0.4, -0.2) is 36.1 Å². The van der Waals surface area contributed by atoms with Gasteiger partial charge in [0, 0.05) is 17.7 Å². The average Bonchev–Trinajstić information content (AvgIpc) is 3.05. The van der Waals surface area contributed by atoms with E-state index in [1.807, 2.05) is 0 Å². The number of fused-ring (bicyclic) bond motifs is 1. The van der Waals surface area contributed by atoms with E-state index in [1.54, 1.807) is 6.07 Å². The maximum atomic E-state index is 13.7. The van der Waals surface area contributed by atoms with Gasteiger partial charge in [0.1, 0.15) is 30.2 Å². The minimum atomic E-state index is -5.19. The van der Waals surface area contributed by atoms with Crippen molar-refractivity contribution in [1.82, 2.24) is 4.98 Å². The van der Waals surface area contributed by atoms with E-state index in [2.05, 4.69) is 4.98 Å². The highest BCUT2D eigenvalue weighted by Crippen LogP contribution is 2.47. The number of nitrogens with two attached hydrogens (primary N) is 1. The molecule has 0 bridgehead atoms.